The molecule has 0 spiro atoms. The van der Waals surface area contributed by atoms with Crippen LogP contribution in [-0.2, 0) is 9.63 Å². The average Bonchev–Trinajstić information content (AvgIpc) is 3.22. The highest BCUT2D eigenvalue weighted by atomic mass is 16.6. The summed E-state index contributed by atoms with van der Waals surface area (Å²) in [4.78, 5) is 44.8. The van der Waals surface area contributed by atoms with E-state index in [1.54, 1.807) is 24.3 Å². The standard InChI is InChI=1S/C18H23N3O4/c22-16(19-25-13-12-20-9-3-4-10-20)8-5-11-21-17(23)14-6-1-2-7-15(14)18(21)24/h1-2,6-7H,3-5,8-13H2,(H,19,22). The Balaban J connectivity index is 1.33. The largest absolute Gasteiger partial charge is 0.301 e. The summed E-state index contributed by atoms with van der Waals surface area (Å²) in [6.07, 6.45) is 3.07. The Labute approximate surface area is 146 Å². The van der Waals surface area contributed by atoms with Gasteiger partial charge >= 0.3 is 0 Å². The number of nitrogens with zero attached hydrogens (tertiary/aromatic N) is 2. The van der Waals surface area contributed by atoms with Crippen molar-refractivity contribution in [2.75, 3.05) is 32.8 Å². The van der Waals surface area contributed by atoms with Gasteiger partial charge in [0.25, 0.3) is 11.8 Å². The molecule has 25 heavy (non-hydrogen) atoms. The molecule has 0 atom stereocenters. The number of carbonyl (C=O) groups excluding carboxylic acids is 3. The SMILES string of the molecule is O=C(CCCN1C(=O)c2ccccc2C1=O)NOCCN1CCCC1. The van der Waals surface area contributed by atoms with E-state index in [9.17, 15) is 14.4 Å². The molecule has 1 aromatic rings. The second-order valence-corrected chi connectivity index (χ2v) is 6.33. The number of benzene rings is 1. The van der Waals surface area contributed by atoms with Gasteiger partial charge in [-0.2, -0.15) is 0 Å². The molecule has 0 aromatic heterocycles. The summed E-state index contributed by atoms with van der Waals surface area (Å²) < 4.78 is 0. The lowest BCUT2D eigenvalue weighted by atomic mass is 10.1. The molecule has 0 radical (unpaired) electrons. The topological polar surface area (TPSA) is 79.0 Å². The molecule has 0 unspecified atom stereocenters. The maximum absolute atomic E-state index is 12.2. The van der Waals surface area contributed by atoms with Crippen molar-refractivity contribution >= 4 is 17.7 Å². The number of imide groups is 1. The zero-order valence-corrected chi connectivity index (χ0v) is 14.2. The van der Waals surface area contributed by atoms with E-state index in [2.05, 4.69) is 10.4 Å². The van der Waals surface area contributed by atoms with Gasteiger partial charge < -0.3 is 4.90 Å². The molecular formula is C18H23N3O4. The van der Waals surface area contributed by atoms with Crippen molar-refractivity contribution < 1.29 is 19.2 Å². The fourth-order valence-electron chi connectivity index (χ4n) is 3.20. The second kappa shape index (κ2) is 8.22. The molecule has 3 amide bonds. The van der Waals surface area contributed by atoms with Crippen LogP contribution in [0.1, 0.15) is 46.4 Å². The Morgan fingerprint density at radius 1 is 1.04 bits per heavy atom. The summed E-state index contributed by atoms with van der Waals surface area (Å²) in [7, 11) is 0. The molecule has 134 valence electrons. The lowest BCUT2D eigenvalue weighted by molar-refractivity contribution is -0.134. The maximum atomic E-state index is 12.2. The highest BCUT2D eigenvalue weighted by Gasteiger charge is 2.34. The molecular weight excluding hydrogens is 322 g/mol. The van der Waals surface area contributed by atoms with Crippen molar-refractivity contribution in [3.63, 3.8) is 0 Å². The van der Waals surface area contributed by atoms with Gasteiger partial charge in [-0.1, -0.05) is 12.1 Å². The zero-order valence-electron chi connectivity index (χ0n) is 14.2. The van der Waals surface area contributed by atoms with Crippen LogP contribution in [0, 0.1) is 0 Å². The average molecular weight is 345 g/mol. The summed E-state index contributed by atoms with van der Waals surface area (Å²) in [5, 5.41) is 0. The van der Waals surface area contributed by atoms with Gasteiger partial charge in [-0.3, -0.25) is 24.1 Å². The summed E-state index contributed by atoms with van der Waals surface area (Å²) in [6, 6.07) is 6.77. The fourth-order valence-corrected chi connectivity index (χ4v) is 3.20. The fraction of sp³-hybridized carbons (Fsp3) is 0.500. The third-order valence-electron chi connectivity index (χ3n) is 4.56. The van der Waals surface area contributed by atoms with E-state index in [0.29, 0.717) is 24.2 Å². The van der Waals surface area contributed by atoms with E-state index in [0.717, 1.165) is 19.6 Å². The first-order chi connectivity index (χ1) is 12.2. The number of likely N-dealkylation sites (tertiary alicyclic amines) is 1. The molecule has 0 bridgehead atoms. The Hall–Kier alpha value is -2.25. The highest BCUT2D eigenvalue weighted by molar-refractivity contribution is 6.21. The van der Waals surface area contributed by atoms with Crippen molar-refractivity contribution in [3.8, 4) is 0 Å². The van der Waals surface area contributed by atoms with Crippen LogP contribution in [0.3, 0.4) is 0 Å². The molecule has 7 nitrogen and oxygen atoms in total. The number of rotatable bonds is 8. The number of carbonyl (C=O) groups is 3. The predicted octanol–water partition coefficient (Wildman–Crippen LogP) is 1.21. The minimum atomic E-state index is -0.289. The number of hydrogen-bond donors (Lipinski definition) is 1. The second-order valence-electron chi connectivity index (χ2n) is 6.33. The Morgan fingerprint density at radius 3 is 2.32 bits per heavy atom. The molecule has 1 fully saturated rings. The number of hydrogen-bond acceptors (Lipinski definition) is 5. The summed E-state index contributed by atoms with van der Waals surface area (Å²) in [6.45, 7) is 3.70. The van der Waals surface area contributed by atoms with E-state index in [-0.39, 0.29) is 30.7 Å². The predicted molar refractivity (Wildman–Crippen MR) is 90.8 cm³/mol. The van der Waals surface area contributed by atoms with Gasteiger partial charge in [0.15, 0.2) is 0 Å². The van der Waals surface area contributed by atoms with Gasteiger partial charge in [0.05, 0.1) is 17.7 Å². The molecule has 1 N–H and O–H groups in total. The molecule has 0 aliphatic carbocycles. The number of amides is 3. The minimum absolute atomic E-state index is 0.205. The number of nitrogens with one attached hydrogen (secondary N) is 1. The summed E-state index contributed by atoms with van der Waals surface area (Å²) >= 11 is 0. The van der Waals surface area contributed by atoms with Gasteiger partial charge in [0, 0.05) is 19.5 Å². The van der Waals surface area contributed by atoms with E-state index < -0.39 is 0 Å². The minimum Gasteiger partial charge on any atom is -0.301 e. The van der Waals surface area contributed by atoms with Gasteiger partial charge in [-0.05, 0) is 44.5 Å². The van der Waals surface area contributed by atoms with Crippen LogP contribution in [-0.4, -0.2) is 60.3 Å². The van der Waals surface area contributed by atoms with Crippen LogP contribution >= 0.6 is 0 Å². The normalized spacial score (nSPS) is 17.2. The first-order valence-corrected chi connectivity index (χ1v) is 8.75. The molecule has 2 aliphatic heterocycles. The third-order valence-corrected chi connectivity index (χ3v) is 4.56. The molecule has 2 aliphatic rings. The van der Waals surface area contributed by atoms with Crippen LogP contribution < -0.4 is 5.48 Å². The summed E-state index contributed by atoms with van der Waals surface area (Å²) in [5.41, 5.74) is 3.28. The van der Waals surface area contributed by atoms with Crippen molar-refractivity contribution in [3.05, 3.63) is 35.4 Å². The molecule has 1 saturated heterocycles. The molecule has 7 heteroatoms. The molecule has 0 saturated carbocycles. The van der Waals surface area contributed by atoms with E-state index >= 15 is 0 Å². The zero-order chi connectivity index (χ0) is 17.6. The molecule has 3 rings (SSSR count). The Morgan fingerprint density at radius 2 is 1.68 bits per heavy atom. The lowest BCUT2D eigenvalue weighted by Gasteiger charge is -2.15. The first-order valence-electron chi connectivity index (χ1n) is 8.75. The van der Waals surface area contributed by atoms with Gasteiger partial charge in [-0.25, -0.2) is 5.48 Å². The lowest BCUT2D eigenvalue weighted by Crippen LogP contribution is -2.33. The summed E-state index contributed by atoms with van der Waals surface area (Å²) in [5.74, 6) is -0.816. The monoisotopic (exact) mass is 345 g/mol. The Bertz CT molecular complexity index is 620. The smallest absolute Gasteiger partial charge is 0.261 e. The highest BCUT2D eigenvalue weighted by Crippen LogP contribution is 2.22. The molecule has 1 aromatic carbocycles. The van der Waals surface area contributed by atoms with Gasteiger partial charge in [0.1, 0.15) is 0 Å². The van der Waals surface area contributed by atoms with Crippen LogP contribution in [0.2, 0.25) is 0 Å². The number of hydroxylamine groups is 1. The first kappa shape index (κ1) is 17.6. The van der Waals surface area contributed by atoms with Crippen LogP contribution in [0.25, 0.3) is 0 Å². The maximum Gasteiger partial charge on any atom is 0.261 e. The van der Waals surface area contributed by atoms with Crippen molar-refractivity contribution in [2.24, 2.45) is 0 Å². The van der Waals surface area contributed by atoms with Crippen molar-refractivity contribution in [2.45, 2.75) is 25.7 Å². The van der Waals surface area contributed by atoms with E-state index in [1.165, 1.54) is 17.7 Å². The Kier molecular flexibility index (Phi) is 5.78. The van der Waals surface area contributed by atoms with Crippen LogP contribution in [0.15, 0.2) is 24.3 Å². The van der Waals surface area contributed by atoms with Crippen molar-refractivity contribution in [1.29, 1.82) is 0 Å². The van der Waals surface area contributed by atoms with Crippen LogP contribution in [0.5, 0.6) is 0 Å². The van der Waals surface area contributed by atoms with E-state index in [4.69, 9.17) is 4.84 Å². The third kappa shape index (κ3) is 4.24. The number of fused-ring (bicyclic) bond motifs is 1. The van der Waals surface area contributed by atoms with Crippen molar-refractivity contribution in [1.82, 2.24) is 15.3 Å². The van der Waals surface area contributed by atoms with E-state index in [1.807, 2.05) is 0 Å². The quantitative estimate of drug-likeness (QED) is 0.435. The van der Waals surface area contributed by atoms with Crippen LogP contribution in [0.4, 0.5) is 0 Å². The molecule has 2 heterocycles. The van der Waals surface area contributed by atoms with Gasteiger partial charge in [0.2, 0.25) is 5.91 Å². The van der Waals surface area contributed by atoms with Gasteiger partial charge in [-0.15, -0.1) is 0 Å².